The van der Waals surface area contributed by atoms with Crippen molar-refractivity contribution < 1.29 is 9.18 Å². The lowest BCUT2D eigenvalue weighted by Crippen LogP contribution is -2.37. The summed E-state index contributed by atoms with van der Waals surface area (Å²) >= 11 is 0. The third kappa shape index (κ3) is 2.47. The molecule has 5 nitrogen and oxygen atoms in total. The van der Waals surface area contributed by atoms with E-state index in [-0.39, 0.29) is 18.3 Å². The molecule has 1 aromatic carbocycles. The van der Waals surface area contributed by atoms with Crippen LogP contribution < -0.4 is 5.32 Å². The van der Waals surface area contributed by atoms with Gasteiger partial charge in [0.1, 0.15) is 12.4 Å². The summed E-state index contributed by atoms with van der Waals surface area (Å²) in [7, 11) is 0. The van der Waals surface area contributed by atoms with Gasteiger partial charge < -0.3 is 5.32 Å². The van der Waals surface area contributed by atoms with Crippen molar-refractivity contribution in [2.75, 3.05) is 0 Å². The molecule has 0 unspecified atom stereocenters. The molecule has 19 heavy (non-hydrogen) atoms. The highest BCUT2D eigenvalue weighted by Gasteiger charge is 2.45. The molecule has 0 radical (unpaired) electrons. The van der Waals surface area contributed by atoms with Crippen molar-refractivity contribution in [1.29, 1.82) is 0 Å². The molecule has 98 valence electrons. The maximum Gasteiger partial charge on any atom is 0.242 e. The van der Waals surface area contributed by atoms with Crippen LogP contribution in [0.5, 0.6) is 0 Å². The normalized spacial score (nSPS) is 16.1. The second kappa shape index (κ2) is 4.46. The summed E-state index contributed by atoms with van der Waals surface area (Å²) in [6.07, 6.45) is 4.81. The van der Waals surface area contributed by atoms with E-state index >= 15 is 0 Å². The fourth-order valence-corrected chi connectivity index (χ4v) is 2.17. The number of hydrogen-bond acceptors (Lipinski definition) is 3. The van der Waals surface area contributed by atoms with Crippen molar-refractivity contribution in [2.24, 2.45) is 0 Å². The van der Waals surface area contributed by atoms with Crippen LogP contribution in [-0.2, 0) is 16.9 Å². The van der Waals surface area contributed by atoms with Crippen LogP contribution in [-0.4, -0.2) is 20.9 Å². The van der Waals surface area contributed by atoms with Crippen LogP contribution in [0.4, 0.5) is 4.39 Å². The summed E-state index contributed by atoms with van der Waals surface area (Å²) in [6.45, 7) is 0.122. The highest BCUT2D eigenvalue weighted by atomic mass is 19.1. The first kappa shape index (κ1) is 11.8. The standard InChI is InChI=1S/C13H13FN4O/c14-11-3-1-2-10(8-11)13(4-5-13)16-12(19)9-18-7-6-15-17-18/h1-3,6-8H,4-5,9H2,(H,16,19). The van der Waals surface area contributed by atoms with Gasteiger partial charge in [-0.2, -0.15) is 0 Å². The minimum absolute atomic E-state index is 0.122. The first-order valence-electron chi connectivity index (χ1n) is 6.09. The molecule has 0 atom stereocenters. The third-order valence-corrected chi connectivity index (χ3v) is 3.28. The van der Waals surface area contributed by atoms with Crippen molar-refractivity contribution >= 4 is 5.91 Å². The number of benzene rings is 1. The molecule has 1 fully saturated rings. The van der Waals surface area contributed by atoms with Gasteiger partial charge in [-0.25, -0.2) is 9.07 Å². The van der Waals surface area contributed by atoms with Crippen molar-refractivity contribution in [3.8, 4) is 0 Å². The molecule has 1 aromatic heterocycles. The summed E-state index contributed by atoms with van der Waals surface area (Å²) in [4.78, 5) is 11.9. The lowest BCUT2D eigenvalue weighted by Gasteiger charge is -2.18. The summed E-state index contributed by atoms with van der Waals surface area (Å²) < 4.78 is 14.7. The summed E-state index contributed by atoms with van der Waals surface area (Å²) in [5.41, 5.74) is 0.416. The molecule has 1 saturated carbocycles. The Hall–Kier alpha value is -2.24. The van der Waals surface area contributed by atoms with Gasteiger partial charge in [0.15, 0.2) is 0 Å². The Morgan fingerprint density at radius 3 is 2.95 bits per heavy atom. The highest BCUT2D eigenvalue weighted by molar-refractivity contribution is 5.77. The lowest BCUT2D eigenvalue weighted by atomic mass is 10.0. The first-order chi connectivity index (χ1) is 9.18. The zero-order valence-electron chi connectivity index (χ0n) is 10.2. The fraction of sp³-hybridized carbons (Fsp3) is 0.308. The Labute approximate surface area is 109 Å². The molecule has 3 rings (SSSR count). The Bertz CT molecular complexity index is 592. The second-order valence-electron chi connectivity index (χ2n) is 4.74. The smallest absolute Gasteiger partial charge is 0.242 e. The average Bonchev–Trinajstić information content (AvgIpc) is 2.97. The van der Waals surface area contributed by atoms with Gasteiger partial charge in [0.25, 0.3) is 0 Å². The number of hydrogen-bond donors (Lipinski definition) is 1. The van der Waals surface area contributed by atoms with Gasteiger partial charge in [-0.05, 0) is 30.5 Å². The maximum absolute atomic E-state index is 13.2. The quantitative estimate of drug-likeness (QED) is 0.899. The van der Waals surface area contributed by atoms with E-state index in [9.17, 15) is 9.18 Å². The number of carbonyl (C=O) groups is 1. The average molecular weight is 260 g/mol. The van der Waals surface area contributed by atoms with Crippen molar-refractivity contribution in [3.63, 3.8) is 0 Å². The van der Waals surface area contributed by atoms with E-state index in [0.717, 1.165) is 18.4 Å². The van der Waals surface area contributed by atoms with E-state index in [1.807, 2.05) is 6.07 Å². The van der Waals surface area contributed by atoms with Crippen molar-refractivity contribution in [1.82, 2.24) is 20.3 Å². The Morgan fingerprint density at radius 1 is 1.47 bits per heavy atom. The molecule has 2 aromatic rings. The topological polar surface area (TPSA) is 59.8 Å². The molecule has 1 heterocycles. The minimum atomic E-state index is -0.403. The third-order valence-electron chi connectivity index (χ3n) is 3.28. The molecular weight excluding hydrogens is 247 g/mol. The largest absolute Gasteiger partial charge is 0.345 e. The number of rotatable bonds is 4. The van der Waals surface area contributed by atoms with Gasteiger partial charge in [0, 0.05) is 6.20 Å². The van der Waals surface area contributed by atoms with Crippen LogP contribution in [0.25, 0.3) is 0 Å². The maximum atomic E-state index is 13.2. The second-order valence-corrected chi connectivity index (χ2v) is 4.74. The van der Waals surface area contributed by atoms with E-state index in [1.165, 1.54) is 23.0 Å². The predicted molar refractivity (Wildman–Crippen MR) is 65.5 cm³/mol. The number of nitrogens with one attached hydrogen (secondary N) is 1. The van der Waals surface area contributed by atoms with Crippen LogP contribution >= 0.6 is 0 Å². The SMILES string of the molecule is O=C(Cn1ccnn1)NC1(c2cccc(F)c2)CC1. The van der Waals surface area contributed by atoms with Gasteiger partial charge in [-0.3, -0.25) is 4.79 Å². The molecule has 0 saturated heterocycles. The zero-order valence-corrected chi connectivity index (χ0v) is 10.2. The molecule has 1 aliphatic rings. The van der Waals surface area contributed by atoms with Crippen LogP contribution in [0, 0.1) is 5.82 Å². The predicted octanol–water partition coefficient (Wildman–Crippen LogP) is 1.22. The number of amides is 1. The van der Waals surface area contributed by atoms with Crippen molar-refractivity contribution in [2.45, 2.75) is 24.9 Å². The first-order valence-corrected chi connectivity index (χ1v) is 6.09. The Morgan fingerprint density at radius 2 is 2.32 bits per heavy atom. The van der Waals surface area contributed by atoms with Gasteiger partial charge in [0.05, 0.1) is 11.7 Å². The van der Waals surface area contributed by atoms with Crippen LogP contribution in [0.15, 0.2) is 36.7 Å². The number of carbonyl (C=O) groups excluding carboxylic acids is 1. The molecular formula is C13H13FN4O. The number of nitrogens with zero attached hydrogens (tertiary/aromatic N) is 3. The van der Waals surface area contributed by atoms with Crippen LogP contribution in [0.3, 0.4) is 0 Å². The number of halogens is 1. The Kier molecular flexibility index (Phi) is 2.77. The lowest BCUT2D eigenvalue weighted by molar-refractivity contribution is -0.122. The van der Waals surface area contributed by atoms with Gasteiger partial charge >= 0.3 is 0 Å². The fourth-order valence-electron chi connectivity index (χ4n) is 2.17. The van der Waals surface area contributed by atoms with Gasteiger partial charge in [0.2, 0.25) is 5.91 Å². The van der Waals surface area contributed by atoms with Crippen LogP contribution in [0.1, 0.15) is 18.4 Å². The minimum Gasteiger partial charge on any atom is -0.345 e. The summed E-state index contributed by atoms with van der Waals surface area (Å²) in [6, 6.07) is 6.37. The van der Waals surface area contributed by atoms with Crippen molar-refractivity contribution in [3.05, 3.63) is 48.0 Å². The van der Waals surface area contributed by atoms with E-state index in [4.69, 9.17) is 0 Å². The highest BCUT2D eigenvalue weighted by Crippen LogP contribution is 2.45. The molecule has 0 aliphatic heterocycles. The van der Waals surface area contributed by atoms with Crippen LogP contribution in [0.2, 0.25) is 0 Å². The zero-order chi connectivity index (χ0) is 13.3. The van der Waals surface area contributed by atoms with E-state index in [0.29, 0.717) is 0 Å². The summed E-state index contributed by atoms with van der Waals surface area (Å²) in [5.74, 6) is -0.429. The monoisotopic (exact) mass is 260 g/mol. The molecule has 0 spiro atoms. The van der Waals surface area contributed by atoms with E-state index in [2.05, 4.69) is 15.6 Å². The number of aromatic nitrogens is 3. The molecule has 6 heteroatoms. The van der Waals surface area contributed by atoms with E-state index < -0.39 is 5.54 Å². The molecule has 1 amide bonds. The summed E-state index contributed by atoms with van der Waals surface area (Å²) in [5, 5.41) is 10.3. The molecule has 0 bridgehead atoms. The van der Waals surface area contributed by atoms with Gasteiger partial charge in [-0.1, -0.05) is 17.3 Å². The Balaban J connectivity index is 1.70. The molecule has 1 N–H and O–H groups in total. The molecule has 1 aliphatic carbocycles. The van der Waals surface area contributed by atoms with Gasteiger partial charge in [-0.15, -0.1) is 5.10 Å². The van der Waals surface area contributed by atoms with E-state index in [1.54, 1.807) is 12.3 Å².